The summed E-state index contributed by atoms with van der Waals surface area (Å²) < 4.78 is 0. The van der Waals surface area contributed by atoms with Gasteiger partial charge in [0.2, 0.25) is 0 Å². The van der Waals surface area contributed by atoms with Crippen molar-refractivity contribution in [2.75, 3.05) is 20.6 Å². The van der Waals surface area contributed by atoms with Crippen molar-refractivity contribution >= 4 is 17.5 Å². The fraction of sp³-hybridized carbons (Fsp3) is 0.667. The highest BCUT2D eigenvalue weighted by molar-refractivity contribution is 6.48. The summed E-state index contributed by atoms with van der Waals surface area (Å²) in [6.45, 7) is 0.788. The topological polar surface area (TPSA) is 84.7 Å². The molecule has 0 bridgehead atoms. The molecule has 1 saturated heterocycles. The summed E-state index contributed by atoms with van der Waals surface area (Å²) in [5, 5.41) is 16.4. The first-order valence-corrected chi connectivity index (χ1v) is 4.75. The zero-order valence-corrected chi connectivity index (χ0v) is 8.86. The molecule has 1 fully saturated rings. The molecule has 0 spiro atoms. The minimum Gasteiger partial charge on any atom is -0.309 e. The van der Waals surface area contributed by atoms with E-state index in [2.05, 4.69) is 0 Å². The quantitative estimate of drug-likeness (QED) is 0.497. The van der Waals surface area contributed by atoms with Gasteiger partial charge >= 0.3 is 0 Å². The highest BCUT2D eigenvalue weighted by atomic mass is 16.5. The minimum atomic E-state index is -0.894. The Labute approximate surface area is 87.9 Å². The highest BCUT2D eigenvalue weighted by Crippen LogP contribution is 2.19. The average Bonchev–Trinajstić information content (AvgIpc) is 2.34. The zero-order chi connectivity index (χ0) is 11.6. The number of rotatable bonds is 4. The maximum Gasteiger partial charge on any atom is 0.299 e. The summed E-state index contributed by atoms with van der Waals surface area (Å²) in [6.07, 6.45) is 1.14. The number of hydrogen-bond donors (Lipinski definition) is 2. The Morgan fingerprint density at radius 1 is 1.47 bits per heavy atom. The molecule has 0 aliphatic carbocycles. The SMILES string of the molecule is CN(C)CCCC1C(=N)C(=O)N(O)C1=O. The van der Waals surface area contributed by atoms with E-state index < -0.39 is 17.7 Å². The second-order valence-corrected chi connectivity index (χ2v) is 3.87. The summed E-state index contributed by atoms with van der Waals surface area (Å²) in [5.41, 5.74) is -0.304. The van der Waals surface area contributed by atoms with E-state index in [4.69, 9.17) is 10.6 Å². The molecule has 0 radical (unpaired) electrons. The van der Waals surface area contributed by atoms with E-state index in [9.17, 15) is 9.59 Å². The predicted molar refractivity (Wildman–Crippen MR) is 52.6 cm³/mol. The van der Waals surface area contributed by atoms with Gasteiger partial charge in [0, 0.05) is 0 Å². The molecule has 6 heteroatoms. The Morgan fingerprint density at radius 3 is 2.47 bits per heavy atom. The Hall–Kier alpha value is -1.27. The molecule has 1 rings (SSSR count). The monoisotopic (exact) mass is 213 g/mol. The van der Waals surface area contributed by atoms with E-state index in [0.29, 0.717) is 12.8 Å². The van der Waals surface area contributed by atoms with Crippen molar-refractivity contribution < 1.29 is 14.8 Å². The number of carbonyl (C=O) groups is 2. The molecule has 0 saturated carbocycles. The summed E-state index contributed by atoms with van der Waals surface area (Å²) in [6, 6.07) is 0. The molecular formula is C9H15N3O3. The van der Waals surface area contributed by atoms with Gasteiger partial charge < -0.3 is 4.90 Å². The molecule has 6 nitrogen and oxygen atoms in total. The molecule has 15 heavy (non-hydrogen) atoms. The van der Waals surface area contributed by atoms with Crippen LogP contribution in [0.15, 0.2) is 0 Å². The van der Waals surface area contributed by atoms with E-state index in [0.717, 1.165) is 6.54 Å². The van der Waals surface area contributed by atoms with Gasteiger partial charge in [-0.05, 0) is 33.5 Å². The number of amides is 2. The third-order valence-corrected chi connectivity index (χ3v) is 2.38. The fourth-order valence-corrected chi connectivity index (χ4v) is 1.51. The molecule has 0 aromatic rings. The van der Waals surface area contributed by atoms with Gasteiger partial charge in [-0.3, -0.25) is 20.2 Å². The van der Waals surface area contributed by atoms with Crippen LogP contribution < -0.4 is 0 Å². The number of nitrogens with zero attached hydrogens (tertiary/aromatic N) is 2. The second-order valence-electron chi connectivity index (χ2n) is 3.87. The summed E-state index contributed by atoms with van der Waals surface area (Å²) in [5.74, 6) is -2.33. The normalized spacial score (nSPS) is 22.0. The molecule has 0 aromatic carbocycles. The van der Waals surface area contributed by atoms with Gasteiger partial charge in [0.05, 0.1) is 5.92 Å². The van der Waals surface area contributed by atoms with Gasteiger partial charge in [-0.25, -0.2) is 0 Å². The third kappa shape index (κ3) is 2.40. The molecule has 1 heterocycles. The van der Waals surface area contributed by atoms with Gasteiger partial charge in [-0.15, -0.1) is 0 Å². The largest absolute Gasteiger partial charge is 0.309 e. The third-order valence-electron chi connectivity index (χ3n) is 2.38. The summed E-state index contributed by atoms with van der Waals surface area (Å²) in [4.78, 5) is 24.3. The van der Waals surface area contributed by atoms with Crippen LogP contribution in [-0.2, 0) is 9.59 Å². The van der Waals surface area contributed by atoms with Crippen molar-refractivity contribution in [2.24, 2.45) is 5.92 Å². The minimum absolute atomic E-state index is 0.0443. The first-order chi connectivity index (χ1) is 6.95. The van der Waals surface area contributed by atoms with E-state index in [-0.39, 0.29) is 10.8 Å². The lowest BCUT2D eigenvalue weighted by molar-refractivity contribution is -0.171. The van der Waals surface area contributed by atoms with Crippen LogP contribution in [0.25, 0.3) is 0 Å². The molecule has 84 valence electrons. The molecule has 0 aromatic heterocycles. The average molecular weight is 213 g/mol. The number of hydroxylamine groups is 2. The molecular weight excluding hydrogens is 198 g/mol. The first-order valence-electron chi connectivity index (χ1n) is 4.75. The van der Waals surface area contributed by atoms with Crippen molar-refractivity contribution in [3.63, 3.8) is 0 Å². The fourth-order valence-electron chi connectivity index (χ4n) is 1.51. The van der Waals surface area contributed by atoms with E-state index in [1.807, 2.05) is 19.0 Å². The molecule has 1 atom stereocenters. The van der Waals surface area contributed by atoms with Gasteiger partial charge in [0.15, 0.2) is 0 Å². The van der Waals surface area contributed by atoms with Gasteiger partial charge in [-0.1, -0.05) is 0 Å². The van der Waals surface area contributed by atoms with E-state index in [1.165, 1.54) is 0 Å². The zero-order valence-electron chi connectivity index (χ0n) is 8.86. The maximum absolute atomic E-state index is 11.3. The van der Waals surface area contributed by atoms with Gasteiger partial charge in [0.1, 0.15) is 5.71 Å². The van der Waals surface area contributed by atoms with Crippen LogP contribution in [-0.4, -0.2) is 53.3 Å². The van der Waals surface area contributed by atoms with Crippen LogP contribution in [0, 0.1) is 11.3 Å². The van der Waals surface area contributed by atoms with Crippen molar-refractivity contribution in [1.29, 1.82) is 5.41 Å². The molecule has 2 N–H and O–H groups in total. The van der Waals surface area contributed by atoms with Crippen LogP contribution in [0.5, 0.6) is 0 Å². The number of carbonyl (C=O) groups excluding carboxylic acids is 2. The number of nitrogens with one attached hydrogen (secondary N) is 1. The van der Waals surface area contributed by atoms with Crippen LogP contribution >= 0.6 is 0 Å². The lowest BCUT2D eigenvalue weighted by atomic mass is 10.00. The lowest BCUT2D eigenvalue weighted by Gasteiger charge is -2.11. The summed E-state index contributed by atoms with van der Waals surface area (Å²) >= 11 is 0. The van der Waals surface area contributed by atoms with Crippen molar-refractivity contribution in [1.82, 2.24) is 9.96 Å². The highest BCUT2D eigenvalue weighted by Gasteiger charge is 2.42. The molecule has 1 aliphatic heterocycles. The van der Waals surface area contributed by atoms with Crippen LogP contribution in [0.1, 0.15) is 12.8 Å². The number of hydrogen-bond acceptors (Lipinski definition) is 5. The maximum atomic E-state index is 11.3. The Morgan fingerprint density at radius 2 is 2.07 bits per heavy atom. The van der Waals surface area contributed by atoms with Crippen molar-refractivity contribution in [3.8, 4) is 0 Å². The van der Waals surface area contributed by atoms with Crippen LogP contribution in [0.2, 0.25) is 0 Å². The standard InChI is InChI=1S/C9H15N3O3/c1-11(2)5-3-4-6-7(10)9(14)12(15)8(6)13/h6,10,15H,3-5H2,1-2H3. The summed E-state index contributed by atoms with van der Waals surface area (Å²) in [7, 11) is 3.82. The van der Waals surface area contributed by atoms with Crippen molar-refractivity contribution in [2.45, 2.75) is 12.8 Å². The van der Waals surface area contributed by atoms with Crippen LogP contribution in [0.3, 0.4) is 0 Å². The van der Waals surface area contributed by atoms with Crippen LogP contribution in [0.4, 0.5) is 0 Å². The lowest BCUT2D eigenvalue weighted by Crippen LogP contribution is -2.27. The smallest absolute Gasteiger partial charge is 0.299 e. The van der Waals surface area contributed by atoms with E-state index in [1.54, 1.807) is 0 Å². The number of imide groups is 1. The van der Waals surface area contributed by atoms with Gasteiger partial charge in [-0.2, -0.15) is 5.06 Å². The van der Waals surface area contributed by atoms with E-state index >= 15 is 0 Å². The first kappa shape index (κ1) is 11.8. The van der Waals surface area contributed by atoms with Crippen molar-refractivity contribution in [3.05, 3.63) is 0 Å². The molecule has 1 aliphatic rings. The Balaban J connectivity index is 2.52. The molecule has 1 unspecified atom stereocenters. The Bertz CT molecular complexity index is 301. The predicted octanol–water partition coefficient (Wildman–Crippen LogP) is -0.278. The molecule has 2 amide bonds. The second kappa shape index (κ2) is 4.50. The Kier molecular flexibility index (Phi) is 3.54. The van der Waals surface area contributed by atoms with Gasteiger partial charge in [0.25, 0.3) is 11.8 Å².